The number of hydrogen-bond acceptors (Lipinski definition) is 3. The molecule has 0 aliphatic carbocycles. The molecule has 0 saturated heterocycles. The average molecular weight is 211 g/mol. The van der Waals surface area contributed by atoms with Gasteiger partial charge in [0.05, 0.1) is 6.54 Å². The Morgan fingerprint density at radius 2 is 2.14 bits per heavy atom. The molecule has 3 nitrogen and oxygen atoms in total. The van der Waals surface area contributed by atoms with Crippen molar-refractivity contribution in [1.29, 1.82) is 0 Å². The van der Waals surface area contributed by atoms with E-state index in [1.807, 2.05) is 24.3 Å². The summed E-state index contributed by atoms with van der Waals surface area (Å²) in [6.07, 6.45) is 0. The van der Waals surface area contributed by atoms with Crippen molar-refractivity contribution >= 4 is 17.6 Å². The lowest BCUT2D eigenvalue weighted by Crippen LogP contribution is -2.22. The average Bonchev–Trinajstić information content (AvgIpc) is 2.70. The van der Waals surface area contributed by atoms with Gasteiger partial charge in [-0.15, -0.1) is 0 Å². The zero-order valence-electron chi connectivity index (χ0n) is 7.66. The lowest BCUT2D eigenvalue weighted by atomic mass is 10.2. The molecule has 1 heterocycles. The van der Waals surface area contributed by atoms with E-state index in [1.165, 1.54) is 0 Å². The Bertz CT molecular complexity index is 334. The Hall–Kier alpha value is -1.22. The first kappa shape index (κ1) is 9.34. The Labute approximate surface area is 87.7 Å². The minimum atomic E-state index is 0.639. The molecule has 1 N–H and O–H groups in total. The van der Waals surface area contributed by atoms with Crippen LogP contribution in [-0.2, 0) is 11.3 Å². The van der Waals surface area contributed by atoms with Crippen molar-refractivity contribution < 1.29 is 4.74 Å². The zero-order valence-corrected chi connectivity index (χ0v) is 8.42. The highest BCUT2D eigenvalue weighted by Gasteiger charge is 2.05. The predicted octanol–water partition coefficient (Wildman–Crippen LogP) is 1.82. The SMILES string of the molecule is Clc1ccc(CNC2=NCCO2)cc1. The first-order chi connectivity index (χ1) is 6.84. The largest absolute Gasteiger partial charge is 0.463 e. The minimum Gasteiger partial charge on any atom is -0.463 e. The van der Waals surface area contributed by atoms with Crippen LogP contribution in [0, 0.1) is 0 Å². The van der Waals surface area contributed by atoms with Gasteiger partial charge in [-0.2, -0.15) is 0 Å². The highest BCUT2D eigenvalue weighted by atomic mass is 35.5. The topological polar surface area (TPSA) is 33.6 Å². The van der Waals surface area contributed by atoms with Crippen LogP contribution in [0.1, 0.15) is 5.56 Å². The van der Waals surface area contributed by atoms with Gasteiger partial charge in [-0.1, -0.05) is 23.7 Å². The molecule has 0 amide bonds. The summed E-state index contributed by atoms with van der Waals surface area (Å²) in [6, 6.07) is 8.33. The van der Waals surface area contributed by atoms with E-state index in [-0.39, 0.29) is 0 Å². The monoisotopic (exact) mass is 210 g/mol. The molecule has 74 valence electrons. The lowest BCUT2D eigenvalue weighted by Gasteiger charge is -2.05. The summed E-state index contributed by atoms with van der Waals surface area (Å²) in [5, 5.41) is 3.85. The third kappa shape index (κ3) is 2.39. The molecule has 4 heteroatoms. The summed E-state index contributed by atoms with van der Waals surface area (Å²) in [6.45, 7) is 2.15. The fraction of sp³-hybridized carbons (Fsp3) is 0.300. The van der Waals surface area contributed by atoms with Crippen molar-refractivity contribution in [1.82, 2.24) is 5.32 Å². The van der Waals surface area contributed by atoms with E-state index in [9.17, 15) is 0 Å². The van der Waals surface area contributed by atoms with E-state index in [0.717, 1.165) is 23.7 Å². The van der Waals surface area contributed by atoms with Gasteiger partial charge in [-0.3, -0.25) is 0 Å². The molecule has 1 aliphatic heterocycles. The van der Waals surface area contributed by atoms with Crippen LogP contribution in [0.5, 0.6) is 0 Å². The van der Waals surface area contributed by atoms with Gasteiger partial charge in [0.15, 0.2) is 0 Å². The number of halogens is 1. The van der Waals surface area contributed by atoms with E-state index in [2.05, 4.69) is 10.3 Å². The van der Waals surface area contributed by atoms with Crippen LogP contribution in [-0.4, -0.2) is 19.2 Å². The van der Waals surface area contributed by atoms with E-state index in [4.69, 9.17) is 16.3 Å². The molecule has 1 aromatic rings. The molecule has 0 fully saturated rings. The first-order valence-electron chi connectivity index (χ1n) is 4.50. The Morgan fingerprint density at radius 1 is 1.36 bits per heavy atom. The van der Waals surface area contributed by atoms with Crippen molar-refractivity contribution in [2.24, 2.45) is 4.99 Å². The standard InChI is InChI=1S/C10H11ClN2O/c11-9-3-1-8(2-4-9)7-13-10-12-5-6-14-10/h1-4H,5-7H2,(H,12,13). The van der Waals surface area contributed by atoms with Crippen molar-refractivity contribution in [3.8, 4) is 0 Å². The van der Waals surface area contributed by atoms with Gasteiger partial charge in [0.1, 0.15) is 6.61 Å². The van der Waals surface area contributed by atoms with Gasteiger partial charge in [0.25, 0.3) is 6.02 Å². The van der Waals surface area contributed by atoms with Crippen LogP contribution in [0.15, 0.2) is 29.3 Å². The van der Waals surface area contributed by atoms with E-state index in [0.29, 0.717) is 12.6 Å². The summed E-state index contributed by atoms with van der Waals surface area (Å²) >= 11 is 5.77. The Morgan fingerprint density at radius 3 is 2.79 bits per heavy atom. The number of rotatable bonds is 2. The quantitative estimate of drug-likeness (QED) is 0.808. The van der Waals surface area contributed by atoms with Gasteiger partial charge in [0, 0.05) is 11.6 Å². The predicted molar refractivity (Wildman–Crippen MR) is 56.5 cm³/mol. The molecular weight excluding hydrogens is 200 g/mol. The number of aliphatic imine (C=N–C) groups is 1. The number of hydrogen-bond donors (Lipinski definition) is 1. The number of ether oxygens (including phenoxy) is 1. The van der Waals surface area contributed by atoms with Gasteiger partial charge >= 0.3 is 0 Å². The number of benzene rings is 1. The molecule has 0 atom stereocenters. The second-order valence-electron chi connectivity index (χ2n) is 3.02. The van der Waals surface area contributed by atoms with E-state index >= 15 is 0 Å². The molecule has 0 bridgehead atoms. The second kappa shape index (κ2) is 4.33. The van der Waals surface area contributed by atoms with Crippen LogP contribution in [0.3, 0.4) is 0 Å². The maximum atomic E-state index is 5.77. The first-order valence-corrected chi connectivity index (χ1v) is 4.88. The molecule has 0 aromatic heterocycles. The van der Waals surface area contributed by atoms with Crippen LogP contribution >= 0.6 is 11.6 Å². The van der Waals surface area contributed by atoms with E-state index in [1.54, 1.807) is 0 Å². The fourth-order valence-corrected chi connectivity index (χ4v) is 1.35. The van der Waals surface area contributed by atoms with Crippen molar-refractivity contribution in [2.45, 2.75) is 6.54 Å². The highest BCUT2D eigenvalue weighted by molar-refractivity contribution is 6.30. The van der Waals surface area contributed by atoms with Crippen molar-refractivity contribution in [2.75, 3.05) is 13.2 Å². The molecule has 2 rings (SSSR count). The molecule has 14 heavy (non-hydrogen) atoms. The second-order valence-corrected chi connectivity index (χ2v) is 3.45. The number of nitrogens with zero attached hydrogens (tertiary/aromatic N) is 1. The molecule has 1 aromatic carbocycles. The summed E-state index contributed by atoms with van der Waals surface area (Å²) in [7, 11) is 0. The van der Waals surface area contributed by atoms with Crippen LogP contribution < -0.4 is 5.32 Å². The molecule has 1 aliphatic rings. The molecule has 0 unspecified atom stereocenters. The molecule has 0 radical (unpaired) electrons. The maximum absolute atomic E-state index is 5.77. The third-order valence-electron chi connectivity index (χ3n) is 1.94. The summed E-state index contributed by atoms with van der Waals surface area (Å²) < 4.78 is 5.21. The molecule has 0 saturated carbocycles. The lowest BCUT2D eigenvalue weighted by molar-refractivity contribution is 0.331. The number of amidine groups is 1. The minimum absolute atomic E-state index is 0.639. The Balaban J connectivity index is 1.88. The molecule has 0 spiro atoms. The smallest absolute Gasteiger partial charge is 0.285 e. The normalized spacial score (nSPS) is 14.8. The maximum Gasteiger partial charge on any atom is 0.285 e. The Kier molecular flexibility index (Phi) is 2.89. The highest BCUT2D eigenvalue weighted by Crippen LogP contribution is 2.09. The van der Waals surface area contributed by atoms with Crippen molar-refractivity contribution in [3.05, 3.63) is 34.9 Å². The van der Waals surface area contributed by atoms with Gasteiger partial charge in [0.2, 0.25) is 0 Å². The summed E-state index contributed by atoms with van der Waals surface area (Å²) in [4.78, 5) is 4.13. The summed E-state index contributed by atoms with van der Waals surface area (Å²) in [5.41, 5.74) is 1.16. The van der Waals surface area contributed by atoms with Crippen LogP contribution in [0.2, 0.25) is 5.02 Å². The van der Waals surface area contributed by atoms with E-state index < -0.39 is 0 Å². The van der Waals surface area contributed by atoms with Gasteiger partial charge < -0.3 is 10.1 Å². The third-order valence-corrected chi connectivity index (χ3v) is 2.19. The molecular formula is C10H11ClN2O. The number of nitrogens with one attached hydrogen (secondary N) is 1. The fourth-order valence-electron chi connectivity index (χ4n) is 1.22. The van der Waals surface area contributed by atoms with Gasteiger partial charge in [-0.25, -0.2) is 4.99 Å². The zero-order chi connectivity index (χ0) is 9.80. The van der Waals surface area contributed by atoms with Crippen LogP contribution in [0.25, 0.3) is 0 Å². The summed E-state index contributed by atoms with van der Waals surface area (Å²) in [5.74, 6) is 0. The van der Waals surface area contributed by atoms with Crippen molar-refractivity contribution in [3.63, 3.8) is 0 Å². The van der Waals surface area contributed by atoms with Gasteiger partial charge in [-0.05, 0) is 17.7 Å². The van der Waals surface area contributed by atoms with Crippen LogP contribution in [0.4, 0.5) is 0 Å².